The van der Waals surface area contributed by atoms with E-state index < -0.39 is 0 Å². The number of allylic oxidation sites excluding steroid dienone is 3. The molecule has 4 rings (SSSR count). The van der Waals surface area contributed by atoms with Crippen LogP contribution in [0.1, 0.15) is 83.6 Å². The molecule has 2 saturated carbocycles. The lowest BCUT2D eigenvalue weighted by molar-refractivity contribution is 0.142. The van der Waals surface area contributed by atoms with Gasteiger partial charge in [0.05, 0.1) is 0 Å². The number of hydrogen-bond acceptors (Lipinski definition) is 1. The van der Waals surface area contributed by atoms with E-state index in [-0.39, 0.29) is 0 Å². The number of hydrogen-bond donors (Lipinski definition) is 0. The van der Waals surface area contributed by atoms with Crippen molar-refractivity contribution in [3.05, 3.63) is 66.3 Å². The summed E-state index contributed by atoms with van der Waals surface area (Å²) in [6.07, 6.45) is 20.0. The second kappa shape index (κ2) is 11.2. The third-order valence-electron chi connectivity index (χ3n) is 8.43. The van der Waals surface area contributed by atoms with Crippen molar-refractivity contribution >= 4 is 10.8 Å². The third kappa shape index (κ3) is 5.66. The van der Waals surface area contributed by atoms with Gasteiger partial charge >= 0.3 is 0 Å². The van der Waals surface area contributed by atoms with E-state index in [1.165, 1.54) is 67.7 Å². The molecule has 0 bridgehead atoms. The first kappa shape index (κ1) is 23.1. The molecule has 2 aromatic carbocycles. The summed E-state index contributed by atoms with van der Waals surface area (Å²) in [5.41, 5.74) is 1.54. The maximum atomic E-state index is 5.81. The topological polar surface area (TPSA) is 9.23 Å². The Morgan fingerprint density at radius 3 is 2.16 bits per heavy atom. The fourth-order valence-corrected chi connectivity index (χ4v) is 6.33. The standard InChI is InChI=1S/C31H42O/c1-4-6-20-32-31-19-18-29-21-28(16-17-30(29)22-31)27-14-12-26(13-15-27)23(3)25-10-8-24(7-5-2)9-11-25/h4-7,16-19,21-27H,8-15,20H2,1-3H3/b6-4+,7-5+. The Morgan fingerprint density at radius 1 is 0.812 bits per heavy atom. The first-order valence-corrected chi connectivity index (χ1v) is 13.1. The molecule has 2 fully saturated rings. The second-order valence-electron chi connectivity index (χ2n) is 10.3. The normalized spacial score (nSPS) is 27.8. The molecule has 2 aliphatic carbocycles. The number of fused-ring (bicyclic) bond motifs is 1. The SMILES string of the molecule is C/C=C/COc1ccc2cc(C3CCC(C(C)C4CCC(/C=C/C)CC4)CC3)ccc2c1. The maximum Gasteiger partial charge on any atom is 0.120 e. The van der Waals surface area contributed by atoms with Crippen LogP contribution in [-0.4, -0.2) is 6.61 Å². The van der Waals surface area contributed by atoms with Crippen molar-refractivity contribution in [2.45, 2.75) is 78.1 Å². The van der Waals surface area contributed by atoms with Gasteiger partial charge in [-0.05, 0) is 123 Å². The molecule has 172 valence electrons. The van der Waals surface area contributed by atoms with Gasteiger partial charge in [-0.3, -0.25) is 0 Å². The fraction of sp³-hybridized carbons (Fsp3) is 0.548. The predicted octanol–water partition coefficient (Wildman–Crippen LogP) is 9.09. The molecule has 1 nitrogen and oxygen atoms in total. The summed E-state index contributed by atoms with van der Waals surface area (Å²) in [6, 6.07) is 13.6. The van der Waals surface area contributed by atoms with Gasteiger partial charge in [0, 0.05) is 0 Å². The van der Waals surface area contributed by atoms with Crippen molar-refractivity contribution in [2.75, 3.05) is 6.61 Å². The van der Waals surface area contributed by atoms with Crippen LogP contribution >= 0.6 is 0 Å². The molecule has 0 heterocycles. The van der Waals surface area contributed by atoms with Crippen LogP contribution in [0.3, 0.4) is 0 Å². The van der Waals surface area contributed by atoms with E-state index in [2.05, 4.69) is 62.4 Å². The van der Waals surface area contributed by atoms with E-state index in [1.54, 1.807) is 0 Å². The molecule has 0 saturated heterocycles. The molecule has 2 aliphatic rings. The maximum absolute atomic E-state index is 5.81. The Kier molecular flexibility index (Phi) is 8.11. The minimum Gasteiger partial charge on any atom is -0.490 e. The molecule has 1 heteroatoms. The van der Waals surface area contributed by atoms with Crippen molar-refractivity contribution in [3.8, 4) is 5.75 Å². The summed E-state index contributed by atoms with van der Waals surface area (Å²) in [5, 5.41) is 2.62. The highest BCUT2D eigenvalue weighted by Crippen LogP contribution is 2.44. The highest BCUT2D eigenvalue weighted by Gasteiger charge is 2.32. The van der Waals surface area contributed by atoms with Crippen LogP contribution in [-0.2, 0) is 0 Å². The molecule has 0 amide bonds. The van der Waals surface area contributed by atoms with Gasteiger partial charge in [0.2, 0.25) is 0 Å². The van der Waals surface area contributed by atoms with Crippen LogP contribution in [0.25, 0.3) is 10.8 Å². The monoisotopic (exact) mass is 430 g/mol. The van der Waals surface area contributed by atoms with Gasteiger partial charge in [-0.25, -0.2) is 0 Å². The molecule has 0 N–H and O–H groups in total. The highest BCUT2D eigenvalue weighted by atomic mass is 16.5. The van der Waals surface area contributed by atoms with E-state index in [0.29, 0.717) is 6.61 Å². The van der Waals surface area contributed by atoms with Gasteiger partial charge < -0.3 is 4.74 Å². The number of rotatable bonds is 7. The summed E-state index contributed by atoms with van der Waals surface area (Å²) in [6.45, 7) is 7.40. The van der Waals surface area contributed by atoms with Gasteiger partial charge in [-0.15, -0.1) is 0 Å². The zero-order valence-electron chi connectivity index (χ0n) is 20.4. The predicted molar refractivity (Wildman–Crippen MR) is 138 cm³/mol. The quantitative estimate of drug-likeness (QED) is 0.398. The van der Waals surface area contributed by atoms with E-state index in [1.807, 2.05) is 19.1 Å². The first-order chi connectivity index (χ1) is 15.7. The van der Waals surface area contributed by atoms with Crippen LogP contribution in [0.4, 0.5) is 0 Å². The first-order valence-electron chi connectivity index (χ1n) is 13.1. The Labute approximate surface area is 195 Å². The Balaban J connectivity index is 1.32. The highest BCUT2D eigenvalue weighted by molar-refractivity contribution is 5.84. The minimum atomic E-state index is 0.638. The minimum absolute atomic E-state index is 0.638. The Bertz CT molecular complexity index is 907. The fourth-order valence-electron chi connectivity index (χ4n) is 6.33. The Hall–Kier alpha value is -2.02. The summed E-state index contributed by atoms with van der Waals surface area (Å²) in [5.74, 6) is 5.34. The smallest absolute Gasteiger partial charge is 0.120 e. The molecular formula is C31H42O. The van der Waals surface area contributed by atoms with Gasteiger partial charge in [0.25, 0.3) is 0 Å². The van der Waals surface area contributed by atoms with Crippen LogP contribution in [0.5, 0.6) is 5.75 Å². The average molecular weight is 431 g/mol. The zero-order chi connectivity index (χ0) is 22.3. The summed E-state index contributed by atoms with van der Waals surface area (Å²) >= 11 is 0. The van der Waals surface area contributed by atoms with Crippen LogP contribution < -0.4 is 4.74 Å². The molecule has 32 heavy (non-hydrogen) atoms. The summed E-state index contributed by atoms with van der Waals surface area (Å²) < 4.78 is 5.81. The van der Waals surface area contributed by atoms with Gasteiger partial charge in [-0.2, -0.15) is 0 Å². The lowest BCUT2D eigenvalue weighted by Gasteiger charge is -2.39. The van der Waals surface area contributed by atoms with Crippen LogP contribution in [0.2, 0.25) is 0 Å². The molecule has 2 aromatic rings. The molecule has 0 radical (unpaired) electrons. The van der Waals surface area contributed by atoms with Gasteiger partial charge in [-0.1, -0.05) is 55.5 Å². The van der Waals surface area contributed by atoms with Crippen molar-refractivity contribution in [2.24, 2.45) is 23.7 Å². The van der Waals surface area contributed by atoms with Gasteiger partial charge in [0.15, 0.2) is 0 Å². The molecular weight excluding hydrogens is 388 g/mol. The summed E-state index contributed by atoms with van der Waals surface area (Å²) in [4.78, 5) is 0. The van der Waals surface area contributed by atoms with E-state index in [0.717, 1.165) is 35.3 Å². The molecule has 0 spiro atoms. The molecule has 0 aliphatic heterocycles. The molecule has 0 aromatic heterocycles. The lowest BCUT2D eigenvalue weighted by atomic mass is 9.67. The molecule has 1 unspecified atom stereocenters. The third-order valence-corrected chi connectivity index (χ3v) is 8.43. The molecule has 1 atom stereocenters. The zero-order valence-corrected chi connectivity index (χ0v) is 20.4. The van der Waals surface area contributed by atoms with E-state index in [4.69, 9.17) is 4.74 Å². The van der Waals surface area contributed by atoms with Gasteiger partial charge in [0.1, 0.15) is 12.4 Å². The van der Waals surface area contributed by atoms with Crippen LogP contribution in [0.15, 0.2) is 60.7 Å². The van der Waals surface area contributed by atoms with Crippen molar-refractivity contribution in [1.82, 2.24) is 0 Å². The van der Waals surface area contributed by atoms with E-state index in [9.17, 15) is 0 Å². The lowest BCUT2D eigenvalue weighted by Crippen LogP contribution is -2.27. The van der Waals surface area contributed by atoms with Crippen molar-refractivity contribution in [1.29, 1.82) is 0 Å². The average Bonchev–Trinajstić information content (AvgIpc) is 2.84. The number of benzene rings is 2. The Morgan fingerprint density at radius 2 is 1.47 bits per heavy atom. The van der Waals surface area contributed by atoms with Crippen LogP contribution in [0, 0.1) is 23.7 Å². The van der Waals surface area contributed by atoms with Crippen molar-refractivity contribution in [3.63, 3.8) is 0 Å². The number of ether oxygens (including phenoxy) is 1. The van der Waals surface area contributed by atoms with Crippen molar-refractivity contribution < 1.29 is 4.74 Å². The largest absolute Gasteiger partial charge is 0.490 e. The summed E-state index contributed by atoms with van der Waals surface area (Å²) in [7, 11) is 0. The second-order valence-corrected chi connectivity index (χ2v) is 10.3. The van der Waals surface area contributed by atoms with E-state index >= 15 is 0 Å².